The van der Waals surface area contributed by atoms with E-state index in [9.17, 15) is 4.79 Å². The number of benzene rings is 2. The normalized spacial score (nSPS) is 18.5. The zero-order chi connectivity index (χ0) is 17.3. The quantitative estimate of drug-likeness (QED) is 0.761. The van der Waals surface area contributed by atoms with Gasteiger partial charge in [0, 0.05) is 23.8 Å². The van der Waals surface area contributed by atoms with E-state index in [0.29, 0.717) is 6.42 Å². The number of Topliss-reactive ketones (excluding diaryl/α,β-unsaturated/α-hetero) is 1. The maximum Gasteiger partial charge on any atom is 0.168 e. The molecular formula is C21H20ClNO2. The molecule has 2 aliphatic heterocycles. The second-order valence-corrected chi connectivity index (χ2v) is 7.28. The van der Waals surface area contributed by atoms with Gasteiger partial charge in [0.2, 0.25) is 0 Å². The molecule has 0 bridgehead atoms. The van der Waals surface area contributed by atoms with Crippen molar-refractivity contribution >= 4 is 23.1 Å². The second-order valence-electron chi connectivity index (χ2n) is 6.84. The number of aliphatic imine (C=N–C) groups is 1. The van der Waals surface area contributed by atoms with Crippen LogP contribution in [0.3, 0.4) is 0 Å². The first-order chi connectivity index (χ1) is 12.2. The molecular weight excluding hydrogens is 334 g/mol. The third-order valence-electron chi connectivity index (χ3n) is 5.12. The predicted octanol–water partition coefficient (Wildman–Crippen LogP) is 4.51. The van der Waals surface area contributed by atoms with Crippen molar-refractivity contribution in [1.29, 1.82) is 0 Å². The van der Waals surface area contributed by atoms with Crippen molar-refractivity contribution in [2.45, 2.75) is 31.2 Å². The smallest absolute Gasteiger partial charge is 0.168 e. The van der Waals surface area contributed by atoms with Gasteiger partial charge in [-0.25, -0.2) is 0 Å². The van der Waals surface area contributed by atoms with Crippen LogP contribution < -0.4 is 0 Å². The fourth-order valence-electron chi connectivity index (χ4n) is 3.78. The van der Waals surface area contributed by atoms with Gasteiger partial charge in [-0.3, -0.25) is 9.79 Å². The van der Waals surface area contributed by atoms with E-state index < -0.39 is 0 Å². The molecule has 1 spiro atoms. The van der Waals surface area contributed by atoms with Crippen LogP contribution in [-0.2, 0) is 11.2 Å². The Morgan fingerprint density at radius 2 is 1.88 bits per heavy atom. The molecule has 25 heavy (non-hydrogen) atoms. The summed E-state index contributed by atoms with van der Waals surface area (Å²) < 4.78 is 5.53. The maximum atomic E-state index is 12.7. The fourth-order valence-corrected chi connectivity index (χ4v) is 3.98. The largest absolute Gasteiger partial charge is 0.381 e. The second kappa shape index (κ2) is 6.74. The molecule has 0 amide bonds. The lowest BCUT2D eigenvalue weighted by atomic mass is 9.78. The van der Waals surface area contributed by atoms with Crippen LogP contribution in [0.4, 0.5) is 0 Å². The number of fused-ring (bicyclic) bond motifs is 1. The van der Waals surface area contributed by atoms with E-state index in [2.05, 4.69) is 0 Å². The summed E-state index contributed by atoms with van der Waals surface area (Å²) in [5.74, 6) is 0.101. The Bertz CT molecular complexity index is 823. The maximum absolute atomic E-state index is 12.7. The number of rotatable bonds is 3. The molecule has 1 saturated heterocycles. The van der Waals surface area contributed by atoms with Gasteiger partial charge in [-0.15, -0.1) is 0 Å². The Labute approximate surface area is 152 Å². The molecule has 4 heteroatoms. The Morgan fingerprint density at radius 3 is 2.64 bits per heavy atom. The lowest BCUT2D eigenvalue weighted by Gasteiger charge is -2.38. The molecule has 2 aromatic carbocycles. The van der Waals surface area contributed by atoms with Gasteiger partial charge in [0.15, 0.2) is 5.78 Å². The zero-order valence-electron chi connectivity index (χ0n) is 14.0. The van der Waals surface area contributed by atoms with E-state index in [-0.39, 0.29) is 11.3 Å². The Balaban J connectivity index is 1.71. The van der Waals surface area contributed by atoms with Crippen LogP contribution in [-0.4, -0.2) is 30.2 Å². The molecule has 0 N–H and O–H groups in total. The average Bonchev–Trinajstić information content (AvgIpc) is 2.62. The van der Waals surface area contributed by atoms with Crippen LogP contribution >= 0.6 is 11.6 Å². The van der Waals surface area contributed by atoms with Crippen LogP contribution in [0.2, 0.25) is 5.02 Å². The van der Waals surface area contributed by atoms with Crippen molar-refractivity contribution in [3.05, 3.63) is 70.2 Å². The Morgan fingerprint density at radius 1 is 1.12 bits per heavy atom. The molecule has 1 fully saturated rings. The number of ether oxygens (including phenoxy) is 1. The first-order valence-corrected chi connectivity index (χ1v) is 9.07. The molecule has 4 rings (SSSR count). The van der Waals surface area contributed by atoms with Crippen LogP contribution in [0.15, 0.2) is 53.5 Å². The molecule has 0 aliphatic carbocycles. The molecule has 0 atom stereocenters. The van der Waals surface area contributed by atoms with Gasteiger partial charge in [0.1, 0.15) is 0 Å². The summed E-state index contributed by atoms with van der Waals surface area (Å²) in [6.45, 7) is 1.44. The van der Waals surface area contributed by atoms with Crippen molar-refractivity contribution in [1.82, 2.24) is 0 Å². The highest BCUT2D eigenvalue weighted by Crippen LogP contribution is 2.36. The minimum absolute atomic E-state index is 0.101. The number of halogens is 1. The number of ketones is 1. The summed E-state index contributed by atoms with van der Waals surface area (Å²) in [7, 11) is 0. The summed E-state index contributed by atoms with van der Waals surface area (Å²) in [6, 6.07) is 15.3. The van der Waals surface area contributed by atoms with Crippen molar-refractivity contribution in [2.24, 2.45) is 4.99 Å². The van der Waals surface area contributed by atoms with Crippen LogP contribution in [0.5, 0.6) is 0 Å². The predicted molar refractivity (Wildman–Crippen MR) is 99.9 cm³/mol. The number of hydrogen-bond acceptors (Lipinski definition) is 3. The molecule has 128 valence electrons. The van der Waals surface area contributed by atoms with Crippen LogP contribution in [0.1, 0.15) is 40.7 Å². The number of carbonyl (C=O) groups excluding carboxylic acids is 1. The lowest BCUT2D eigenvalue weighted by molar-refractivity contribution is 0.0536. The van der Waals surface area contributed by atoms with Gasteiger partial charge in [-0.05, 0) is 42.5 Å². The van der Waals surface area contributed by atoms with Crippen molar-refractivity contribution in [2.75, 3.05) is 13.2 Å². The molecule has 2 aliphatic rings. The van der Waals surface area contributed by atoms with Crippen molar-refractivity contribution < 1.29 is 9.53 Å². The average molecular weight is 354 g/mol. The summed E-state index contributed by atoms with van der Waals surface area (Å²) in [4.78, 5) is 17.8. The monoisotopic (exact) mass is 353 g/mol. The van der Waals surface area contributed by atoms with Gasteiger partial charge >= 0.3 is 0 Å². The number of nitrogens with zero attached hydrogens (tertiary/aromatic N) is 1. The highest BCUT2D eigenvalue weighted by Gasteiger charge is 2.37. The van der Waals surface area contributed by atoms with Gasteiger partial charge in [-0.1, -0.05) is 48.0 Å². The van der Waals surface area contributed by atoms with Crippen LogP contribution in [0.25, 0.3) is 0 Å². The minimum Gasteiger partial charge on any atom is -0.381 e. The molecule has 2 aromatic rings. The first kappa shape index (κ1) is 16.5. The molecule has 2 heterocycles. The fraction of sp³-hybridized carbons (Fsp3) is 0.333. The summed E-state index contributed by atoms with van der Waals surface area (Å²) >= 11 is 6.22. The molecule has 0 saturated carbocycles. The van der Waals surface area contributed by atoms with Gasteiger partial charge in [0.05, 0.1) is 17.7 Å². The highest BCUT2D eigenvalue weighted by molar-refractivity contribution is 6.31. The third kappa shape index (κ3) is 3.39. The molecule has 0 unspecified atom stereocenters. The molecule has 0 aromatic heterocycles. The van der Waals surface area contributed by atoms with Gasteiger partial charge in [-0.2, -0.15) is 0 Å². The number of hydrogen-bond donors (Lipinski definition) is 0. The van der Waals surface area contributed by atoms with E-state index in [0.717, 1.165) is 54.3 Å². The lowest BCUT2D eigenvalue weighted by Crippen LogP contribution is -2.40. The van der Waals surface area contributed by atoms with E-state index in [4.69, 9.17) is 21.3 Å². The van der Waals surface area contributed by atoms with E-state index >= 15 is 0 Å². The van der Waals surface area contributed by atoms with E-state index in [1.165, 1.54) is 5.56 Å². The SMILES string of the molecule is O=C(CC1=NC2(CCOCC2)Cc2cc(Cl)ccc21)c1ccccc1. The highest BCUT2D eigenvalue weighted by atomic mass is 35.5. The van der Waals surface area contributed by atoms with Crippen molar-refractivity contribution in [3.63, 3.8) is 0 Å². The standard InChI is InChI=1S/C21H20ClNO2/c22-17-6-7-18-16(12-17)14-21(8-10-25-11-9-21)23-19(18)13-20(24)15-4-2-1-3-5-15/h1-7,12H,8-11,13-14H2. The number of carbonyl (C=O) groups is 1. The van der Waals surface area contributed by atoms with Gasteiger partial charge in [0.25, 0.3) is 0 Å². The Kier molecular flexibility index (Phi) is 4.45. The van der Waals surface area contributed by atoms with Crippen molar-refractivity contribution in [3.8, 4) is 0 Å². The van der Waals surface area contributed by atoms with Crippen LogP contribution in [0, 0.1) is 0 Å². The van der Waals surface area contributed by atoms with Gasteiger partial charge < -0.3 is 4.74 Å². The topological polar surface area (TPSA) is 38.7 Å². The van der Waals surface area contributed by atoms with E-state index in [1.807, 2.05) is 48.5 Å². The van der Waals surface area contributed by atoms with E-state index in [1.54, 1.807) is 0 Å². The zero-order valence-corrected chi connectivity index (χ0v) is 14.8. The first-order valence-electron chi connectivity index (χ1n) is 8.69. The summed E-state index contributed by atoms with van der Waals surface area (Å²) in [6.07, 6.45) is 2.97. The minimum atomic E-state index is -0.151. The summed E-state index contributed by atoms with van der Waals surface area (Å²) in [5, 5.41) is 0.733. The third-order valence-corrected chi connectivity index (χ3v) is 5.35. The summed E-state index contributed by atoms with van der Waals surface area (Å²) in [5.41, 5.74) is 3.72. The Hall–Kier alpha value is -1.97. The molecule has 3 nitrogen and oxygen atoms in total. The molecule has 0 radical (unpaired) electrons.